The number of aliphatic hydroxyl groups excluding tert-OH is 8. The molecule has 2 bridgehead atoms. The second-order valence-electron chi connectivity index (χ2n) is 21.0. The molecule has 4 saturated carbocycles. The lowest BCUT2D eigenvalue weighted by atomic mass is 9.32. The van der Waals surface area contributed by atoms with Crippen LogP contribution in [0.1, 0.15) is 99.8 Å². The van der Waals surface area contributed by atoms with Crippen LogP contribution in [0.3, 0.4) is 0 Å². The van der Waals surface area contributed by atoms with Crippen molar-refractivity contribution in [1.29, 1.82) is 0 Å². The van der Waals surface area contributed by atoms with Crippen molar-refractivity contribution in [3.63, 3.8) is 0 Å². The van der Waals surface area contributed by atoms with Crippen molar-refractivity contribution in [2.75, 3.05) is 19.8 Å². The van der Waals surface area contributed by atoms with Crippen LogP contribution in [-0.4, -0.2) is 140 Å². The maximum Gasteiger partial charge on any atom is 0.186 e. The van der Waals surface area contributed by atoms with Gasteiger partial charge in [-0.15, -0.1) is 0 Å². The van der Waals surface area contributed by atoms with Gasteiger partial charge in [0.1, 0.15) is 42.7 Å². The van der Waals surface area contributed by atoms with E-state index < -0.39 is 96.7 Å². The van der Waals surface area contributed by atoms with Crippen LogP contribution in [-0.2, 0) is 23.7 Å². The summed E-state index contributed by atoms with van der Waals surface area (Å²) in [5, 5.41) is 85.4. The van der Waals surface area contributed by atoms with Crippen LogP contribution >= 0.6 is 0 Å². The second-order valence-corrected chi connectivity index (χ2v) is 21.0. The third-order valence-corrected chi connectivity index (χ3v) is 17.9. The first kappa shape index (κ1) is 41.0. The van der Waals surface area contributed by atoms with Crippen molar-refractivity contribution < 1.29 is 64.5 Å². The molecule has 0 amide bonds. The van der Waals surface area contributed by atoms with Crippen LogP contribution in [0.2, 0.25) is 0 Å². The van der Waals surface area contributed by atoms with Gasteiger partial charge >= 0.3 is 0 Å². The van der Waals surface area contributed by atoms with Crippen molar-refractivity contribution in [3.8, 4) is 0 Å². The Hall–Kier alpha value is -0.780. The van der Waals surface area contributed by atoms with Gasteiger partial charge in [-0.3, -0.25) is 0 Å². The zero-order chi connectivity index (χ0) is 39.9. The predicted octanol–water partition coefficient (Wildman–Crippen LogP) is 1.78. The Morgan fingerprint density at radius 2 is 1.35 bits per heavy atom. The maximum absolute atomic E-state index is 11.3. The van der Waals surface area contributed by atoms with E-state index in [1.807, 2.05) is 0 Å². The van der Waals surface area contributed by atoms with Gasteiger partial charge in [0.05, 0.1) is 43.7 Å². The van der Waals surface area contributed by atoms with Crippen LogP contribution in [0.15, 0.2) is 12.2 Å². The van der Waals surface area contributed by atoms with Gasteiger partial charge in [-0.1, -0.05) is 53.7 Å². The minimum Gasteiger partial charge on any atom is -0.396 e. The fraction of sp³-hybridized carbons (Fsp3) is 0.952. The summed E-state index contributed by atoms with van der Waals surface area (Å²) in [4.78, 5) is 0. The van der Waals surface area contributed by atoms with E-state index in [1.54, 1.807) is 6.92 Å². The zero-order valence-electron chi connectivity index (χ0n) is 33.7. The predicted molar refractivity (Wildman–Crippen MR) is 197 cm³/mol. The molecule has 55 heavy (non-hydrogen) atoms. The highest BCUT2D eigenvalue weighted by Gasteiger charge is 2.79. The molecule has 3 saturated heterocycles. The van der Waals surface area contributed by atoms with Gasteiger partial charge in [0.25, 0.3) is 0 Å². The molecule has 314 valence electrons. The molecule has 8 aliphatic rings. The molecule has 5 aliphatic carbocycles. The number of aliphatic hydroxyl groups is 8. The number of hydrogen-bond donors (Lipinski definition) is 8. The molecule has 0 radical (unpaired) electrons. The van der Waals surface area contributed by atoms with E-state index in [0.717, 1.165) is 38.5 Å². The summed E-state index contributed by atoms with van der Waals surface area (Å²) in [5.41, 5.74) is -2.54. The molecule has 7 fully saturated rings. The summed E-state index contributed by atoms with van der Waals surface area (Å²) in [5.74, 6) is 0.248. The van der Waals surface area contributed by atoms with E-state index in [1.165, 1.54) is 0 Å². The monoisotopic (exact) mass is 780 g/mol. The van der Waals surface area contributed by atoms with E-state index in [2.05, 4.69) is 53.7 Å². The zero-order valence-corrected chi connectivity index (χ0v) is 33.7. The Labute approximate surface area is 325 Å². The Balaban J connectivity index is 1.14. The summed E-state index contributed by atoms with van der Waals surface area (Å²) in [6.07, 6.45) is -2.29. The summed E-state index contributed by atoms with van der Waals surface area (Å²) in [7, 11) is 0. The van der Waals surface area contributed by atoms with Crippen LogP contribution in [0.5, 0.6) is 0 Å². The average Bonchev–Trinajstić information content (AvgIpc) is 3.41. The number of rotatable bonds is 6. The number of ether oxygens (including phenoxy) is 5. The highest BCUT2D eigenvalue weighted by Crippen LogP contribution is 2.79. The van der Waals surface area contributed by atoms with Gasteiger partial charge < -0.3 is 64.5 Å². The molecule has 21 atom stereocenters. The molecule has 13 nitrogen and oxygen atoms in total. The standard InChI is InChI=1S/C42H68O13/c1-21-28(45)30(47)32(49)34(52-21)54-26-10-11-37(4)23(38(26,5)19-44)8-12-39(6)24(37)9-13-42-25-16-36(2,3)14-15-41(25,20-51-42)27(17-40(39,42)7)55-35-33(50)31(48)29(46)22(18-43)53-35/h9,13,21-35,43-50H,8,10-12,14-20H2,1-7H3/t21-,22-,23?,24?,25+,26?,27-,28-,29-,30+,31+,32-,33-,34+,35+,37+,38?,39-,40+,41?,42?/m1/s1. The molecular weight excluding hydrogens is 712 g/mol. The van der Waals surface area contributed by atoms with Crippen molar-refractivity contribution in [2.24, 2.45) is 50.2 Å². The SMILES string of the molecule is C[C@H]1O[C@@H](OC2CC[C@@]3(C)C(CC[C@]4(C)C3C=CC35OCC6(CCC(C)(C)C[C@@H]63)[C@H](O[C@@H]3O[C@H](CO)[C@@H](O)[C@H](O)[C@H]3O)C[C@]54C)C2(C)CO)[C@H](O)[C@@H](O)[C@@H]1O. The highest BCUT2D eigenvalue weighted by atomic mass is 16.7. The van der Waals surface area contributed by atoms with Gasteiger partial charge in [-0.05, 0) is 86.4 Å². The van der Waals surface area contributed by atoms with Gasteiger partial charge in [-0.2, -0.15) is 0 Å². The van der Waals surface area contributed by atoms with Crippen molar-refractivity contribution in [1.82, 2.24) is 0 Å². The minimum absolute atomic E-state index is 0.0414. The van der Waals surface area contributed by atoms with E-state index in [9.17, 15) is 40.9 Å². The van der Waals surface area contributed by atoms with Crippen LogP contribution < -0.4 is 0 Å². The molecule has 13 heteroatoms. The number of allylic oxidation sites excluding steroid dienone is 1. The van der Waals surface area contributed by atoms with Crippen molar-refractivity contribution in [3.05, 3.63) is 12.2 Å². The van der Waals surface area contributed by atoms with Crippen LogP contribution in [0.4, 0.5) is 0 Å². The lowest BCUT2D eigenvalue weighted by molar-refractivity contribution is -0.339. The Kier molecular flexibility index (Phi) is 9.95. The minimum atomic E-state index is -1.53. The molecule has 0 aromatic heterocycles. The molecule has 3 heterocycles. The third-order valence-electron chi connectivity index (χ3n) is 17.9. The van der Waals surface area contributed by atoms with E-state index >= 15 is 0 Å². The van der Waals surface area contributed by atoms with Crippen molar-refractivity contribution >= 4 is 0 Å². The maximum atomic E-state index is 11.3. The first-order chi connectivity index (χ1) is 25.7. The smallest absolute Gasteiger partial charge is 0.186 e. The molecule has 3 aliphatic heterocycles. The molecule has 0 aromatic carbocycles. The largest absolute Gasteiger partial charge is 0.396 e. The molecule has 8 N–H and O–H groups in total. The lowest BCUT2D eigenvalue weighted by Gasteiger charge is -2.73. The van der Waals surface area contributed by atoms with Gasteiger partial charge in [0.15, 0.2) is 12.6 Å². The van der Waals surface area contributed by atoms with E-state index in [4.69, 9.17) is 23.7 Å². The molecular formula is C42H68O13. The van der Waals surface area contributed by atoms with Gasteiger partial charge in [-0.25, -0.2) is 0 Å². The first-order valence-corrected chi connectivity index (χ1v) is 20.9. The topological polar surface area (TPSA) is 208 Å². The Morgan fingerprint density at radius 1 is 0.691 bits per heavy atom. The normalized spacial score (nSPS) is 59.7. The summed E-state index contributed by atoms with van der Waals surface area (Å²) >= 11 is 0. The first-order valence-electron chi connectivity index (χ1n) is 20.9. The molecule has 0 aromatic rings. The number of hydrogen-bond acceptors (Lipinski definition) is 13. The van der Waals surface area contributed by atoms with Gasteiger partial charge in [0, 0.05) is 22.2 Å². The van der Waals surface area contributed by atoms with Crippen LogP contribution in [0.25, 0.3) is 0 Å². The van der Waals surface area contributed by atoms with E-state index in [0.29, 0.717) is 19.4 Å². The molecule has 1 spiro atoms. The Morgan fingerprint density at radius 3 is 2.02 bits per heavy atom. The molecule has 6 unspecified atom stereocenters. The quantitative estimate of drug-likeness (QED) is 0.143. The third kappa shape index (κ3) is 5.44. The van der Waals surface area contributed by atoms with Gasteiger partial charge in [0.2, 0.25) is 0 Å². The highest BCUT2D eigenvalue weighted by molar-refractivity contribution is 5.36. The fourth-order valence-corrected chi connectivity index (χ4v) is 14.3. The summed E-state index contributed by atoms with van der Waals surface area (Å²) in [6, 6.07) is 0. The van der Waals surface area contributed by atoms with E-state index in [-0.39, 0.29) is 46.0 Å². The van der Waals surface area contributed by atoms with Crippen molar-refractivity contribution in [2.45, 2.75) is 179 Å². The van der Waals surface area contributed by atoms with Crippen LogP contribution in [0, 0.1) is 50.2 Å². The summed E-state index contributed by atoms with van der Waals surface area (Å²) < 4.78 is 32.6. The summed E-state index contributed by atoms with van der Waals surface area (Å²) in [6.45, 7) is 15.4. The average molecular weight is 781 g/mol. The Bertz CT molecular complexity index is 1490. The second kappa shape index (κ2) is 13.4. The lowest BCUT2D eigenvalue weighted by Crippen LogP contribution is -2.73. The fourth-order valence-electron chi connectivity index (χ4n) is 14.3. The number of fused-ring (bicyclic) bond motifs is 4. The molecule has 8 rings (SSSR count).